The fourth-order valence-electron chi connectivity index (χ4n) is 5.19. The number of anilines is 2. The van der Waals surface area contributed by atoms with Gasteiger partial charge in [0.05, 0.1) is 35.8 Å². The zero-order chi connectivity index (χ0) is 29.2. The van der Waals surface area contributed by atoms with Crippen LogP contribution in [0.2, 0.25) is 0 Å². The van der Waals surface area contributed by atoms with Crippen molar-refractivity contribution in [1.82, 2.24) is 4.57 Å². The molecule has 0 unspecified atom stereocenters. The molecule has 3 aromatic carbocycles. The Labute approximate surface area is 246 Å². The van der Waals surface area contributed by atoms with E-state index in [-0.39, 0.29) is 29.9 Å². The third-order valence-corrected chi connectivity index (χ3v) is 8.22. The van der Waals surface area contributed by atoms with Gasteiger partial charge in [0.2, 0.25) is 0 Å². The standard InChI is InChI=1S/C33H28N4O4S/c1-3-35-26-18-12-11-13-22(26)19-20-27(35)30-32(40)36(23-14-7-5-8-15-23)33(42-30)29-25(21-28(38)41-4-2)34-37(31(29)39)24-16-9-6-10-17-24/h5-20H,3-4,21H2,1-2H3/b30-27+,33-29+. The summed E-state index contributed by atoms with van der Waals surface area (Å²) in [5, 5.41) is 5.87. The average molecular weight is 577 g/mol. The summed E-state index contributed by atoms with van der Waals surface area (Å²) in [5.41, 5.74) is 4.17. The lowest BCUT2D eigenvalue weighted by atomic mass is 10.1. The van der Waals surface area contributed by atoms with E-state index in [9.17, 15) is 14.4 Å². The minimum Gasteiger partial charge on any atom is -0.466 e. The van der Waals surface area contributed by atoms with Crippen molar-refractivity contribution < 1.29 is 14.3 Å². The van der Waals surface area contributed by atoms with Crippen LogP contribution in [0.4, 0.5) is 11.4 Å². The quantitative estimate of drug-likeness (QED) is 0.323. The van der Waals surface area contributed by atoms with Crippen LogP contribution in [-0.2, 0) is 14.3 Å². The molecule has 2 aliphatic rings. The van der Waals surface area contributed by atoms with E-state index in [0.717, 1.165) is 16.9 Å². The summed E-state index contributed by atoms with van der Waals surface area (Å²) in [6, 6.07) is 26.3. The zero-order valence-electron chi connectivity index (χ0n) is 23.2. The number of carbonyl (C=O) groups excluding carboxylic acids is 2. The number of para-hydroxylation sites is 3. The molecule has 2 aliphatic heterocycles. The number of hydrogen-bond acceptors (Lipinski definition) is 7. The summed E-state index contributed by atoms with van der Waals surface area (Å²) in [4.78, 5) is 43.2. The van der Waals surface area contributed by atoms with Crippen LogP contribution in [0.25, 0.3) is 23.0 Å². The molecule has 4 aromatic rings. The van der Waals surface area contributed by atoms with Gasteiger partial charge in [-0.3, -0.25) is 19.0 Å². The van der Waals surface area contributed by atoms with Gasteiger partial charge >= 0.3 is 5.97 Å². The van der Waals surface area contributed by atoms with Gasteiger partial charge in [-0.15, -0.1) is 11.3 Å². The first-order chi connectivity index (χ1) is 20.5. The summed E-state index contributed by atoms with van der Waals surface area (Å²) < 4.78 is 7.66. The van der Waals surface area contributed by atoms with Crippen molar-refractivity contribution in [2.24, 2.45) is 5.10 Å². The van der Waals surface area contributed by atoms with E-state index < -0.39 is 11.9 Å². The first-order valence-electron chi connectivity index (χ1n) is 13.7. The molecule has 42 heavy (non-hydrogen) atoms. The van der Waals surface area contributed by atoms with E-state index in [1.54, 1.807) is 23.6 Å². The second-order valence-corrected chi connectivity index (χ2v) is 10.6. The van der Waals surface area contributed by atoms with Crippen molar-refractivity contribution in [1.29, 1.82) is 0 Å². The maximum Gasteiger partial charge on any atom is 0.311 e. The lowest BCUT2D eigenvalue weighted by molar-refractivity contribution is -0.141. The number of nitrogens with zero attached hydrogens (tertiary/aromatic N) is 4. The number of hydrogen-bond donors (Lipinski definition) is 0. The molecule has 0 bridgehead atoms. The summed E-state index contributed by atoms with van der Waals surface area (Å²) in [5.74, 6) is -0.917. The van der Waals surface area contributed by atoms with Gasteiger partial charge in [0.25, 0.3) is 11.5 Å². The normalized spacial score (nSPS) is 16.9. The highest BCUT2D eigenvalue weighted by Crippen LogP contribution is 2.31. The number of ether oxygens (including phenoxy) is 1. The van der Waals surface area contributed by atoms with Gasteiger partial charge in [-0.1, -0.05) is 60.7 Å². The van der Waals surface area contributed by atoms with Crippen molar-refractivity contribution in [3.63, 3.8) is 0 Å². The predicted octanol–water partition coefficient (Wildman–Crippen LogP) is 4.07. The average Bonchev–Trinajstić information content (AvgIpc) is 3.52. The smallest absolute Gasteiger partial charge is 0.311 e. The highest BCUT2D eigenvalue weighted by Gasteiger charge is 2.35. The molecule has 0 spiro atoms. The van der Waals surface area contributed by atoms with Gasteiger partial charge in [-0.05, 0) is 55.8 Å². The molecule has 9 heteroatoms. The van der Waals surface area contributed by atoms with Crippen molar-refractivity contribution in [2.45, 2.75) is 20.3 Å². The van der Waals surface area contributed by atoms with Crippen LogP contribution in [0.3, 0.4) is 0 Å². The zero-order valence-corrected chi connectivity index (χ0v) is 24.0. The number of amides is 1. The Morgan fingerprint density at radius 1 is 0.857 bits per heavy atom. The number of esters is 1. The number of thiazole rings is 1. The van der Waals surface area contributed by atoms with E-state index in [1.165, 1.54) is 16.3 Å². The number of carbonyl (C=O) groups is 2. The van der Waals surface area contributed by atoms with Gasteiger partial charge in [-0.25, -0.2) is 0 Å². The maximum atomic E-state index is 14.3. The largest absolute Gasteiger partial charge is 0.466 e. The predicted molar refractivity (Wildman–Crippen MR) is 167 cm³/mol. The Kier molecular flexibility index (Phi) is 7.41. The molecule has 3 heterocycles. The number of likely N-dealkylation sites (N-methyl/N-ethyl adjacent to an activating group) is 1. The summed E-state index contributed by atoms with van der Waals surface area (Å²) >= 11 is 1.23. The van der Waals surface area contributed by atoms with Crippen LogP contribution in [0.5, 0.6) is 0 Å². The number of hydrazone groups is 1. The van der Waals surface area contributed by atoms with Crippen molar-refractivity contribution in [3.05, 3.63) is 116 Å². The van der Waals surface area contributed by atoms with Crippen LogP contribution in [0.15, 0.2) is 101 Å². The van der Waals surface area contributed by atoms with Crippen molar-refractivity contribution in [3.8, 4) is 5.69 Å². The van der Waals surface area contributed by atoms with Gasteiger partial charge in [0.15, 0.2) is 0 Å². The molecule has 0 saturated heterocycles. The monoisotopic (exact) mass is 576 g/mol. The third-order valence-electron chi connectivity index (χ3n) is 7.05. The molecule has 0 saturated carbocycles. The number of aromatic nitrogens is 1. The van der Waals surface area contributed by atoms with E-state index in [2.05, 4.69) is 10.0 Å². The Bertz CT molecular complexity index is 1920. The molecule has 0 aliphatic carbocycles. The Morgan fingerprint density at radius 2 is 1.52 bits per heavy atom. The molecule has 0 atom stereocenters. The fourth-order valence-corrected chi connectivity index (χ4v) is 6.44. The highest BCUT2D eigenvalue weighted by molar-refractivity contribution is 7.08. The summed E-state index contributed by atoms with van der Waals surface area (Å²) in [6.07, 6.45) is 3.74. The summed E-state index contributed by atoms with van der Waals surface area (Å²) in [7, 11) is 0. The van der Waals surface area contributed by atoms with Gasteiger partial charge in [0.1, 0.15) is 14.8 Å². The van der Waals surface area contributed by atoms with Crippen LogP contribution in [0.1, 0.15) is 25.8 Å². The number of benzene rings is 3. The lowest BCUT2D eigenvalue weighted by Gasteiger charge is -2.28. The maximum absolute atomic E-state index is 14.3. The van der Waals surface area contributed by atoms with Crippen molar-refractivity contribution in [2.75, 3.05) is 23.1 Å². The molecular weight excluding hydrogens is 548 g/mol. The lowest BCUT2D eigenvalue weighted by Crippen LogP contribution is -2.36. The van der Waals surface area contributed by atoms with Gasteiger partial charge in [0, 0.05) is 12.2 Å². The minimum absolute atomic E-state index is 0.202. The molecule has 0 fully saturated rings. The molecule has 6 rings (SSSR count). The molecule has 210 valence electrons. The Morgan fingerprint density at radius 3 is 2.21 bits per heavy atom. The van der Waals surface area contributed by atoms with Crippen LogP contribution < -0.4 is 24.7 Å². The second kappa shape index (κ2) is 11.5. The Hall–Kier alpha value is -5.02. The van der Waals surface area contributed by atoms with E-state index in [4.69, 9.17) is 4.74 Å². The van der Waals surface area contributed by atoms with Crippen molar-refractivity contribution >= 4 is 57.6 Å². The first kappa shape index (κ1) is 27.2. The number of fused-ring (bicyclic) bond motifs is 1. The molecule has 1 aromatic heterocycles. The summed E-state index contributed by atoms with van der Waals surface area (Å²) in [6.45, 7) is 4.61. The fraction of sp³-hybridized carbons (Fsp3) is 0.152. The topological polar surface area (TPSA) is 84.2 Å². The van der Waals surface area contributed by atoms with Gasteiger partial charge < -0.3 is 9.64 Å². The third kappa shape index (κ3) is 4.77. The Balaban J connectivity index is 1.67. The highest BCUT2D eigenvalue weighted by atomic mass is 32.1. The second-order valence-electron chi connectivity index (χ2n) is 9.59. The molecule has 1 amide bonds. The molecular formula is C33H28N4O4S. The van der Waals surface area contributed by atoms with Crippen LogP contribution >= 0.6 is 11.3 Å². The van der Waals surface area contributed by atoms with E-state index in [0.29, 0.717) is 27.1 Å². The first-order valence-corrected chi connectivity index (χ1v) is 14.6. The SMILES string of the molecule is CCOC(=O)CC1=NN(c2ccccc2)C(=O)/C1=c1/s/c(=C2\C=Cc3ccccc3N2CC)c(=O)n1-c1ccccc1. The van der Waals surface area contributed by atoms with Crippen LogP contribution in [-0.4, -0.2) is 35.3 Å². The van der Waals surface area contributed by atoms with Crippen LogP contribution in [0, 0.1) is 0 Å². The van der Waals surface area contributed by atoms with Gasteiger partial charge in [-0.2, -0.15) is 10.1 Å². The number of rotatable bonds is 6. The molecule has 0 radical (unpaired) electrons. The molecule has 8 nitrogen and oxygen atoms in total. The minimum atomic E-state index is -0.500. The van der Waals surface area contributed by atoms with E-state index in [1.807, 2.05) is 91.9 Å². The molecule has 0 N–H and O–H groups in total. The van der Waals surface area contributed by atoms with E-state index >= 15 is 0 Å².